The number of aromatic nitrogens is 4. The SMILES string of the molecule is O=C(O)c1cc(C2CCOCC2)c2nc(N3CC4CC3CC4OCc3c(-c4c(Cl)cccc4Cl)nnn3C3CC3)sc2c1. The number of aromatic carboxylic acids is 1. The van der Waals surface area contributed by atoms with E-state index in [0.717, 1.165) is 71.7 Å². The third-order valence-corrected chi connectivity index (χ3v) is 11.1. The van der Waals surface area contributed by atoms with Crippen molar-refractivity contribution in [3.8, 4) is 11.3 Å². The van der Waals surface area contributed by atoms with Gasteiger partial charge in [0.25, 0.3) is 0 Å². The van der Waals surface area contributed by atoms with Crippen LogP contribution < -0.4 is 4.90 Å². The number of hydrogen-bond acceptors (Lipinski definition) is 8. The molecule has 12 heteroatoms. The van der Waals surface area contributed by atoms with Crippen molar-refractivity contribution in [1.82, 2.24) is 20.0 Å². The van der Waals surface area contributed by atoms with E-state index < -0.39 is 5.97 Å². The van der Waals surface area contributed by atoms with E-state index in [-0.39, 0.29) is 12.0 Å². The fourth-order valence-corrected chi connectivity index (χ4v) is 8.82. The molecule has 2 aliphatic heterocycles. The minimum Gasteiger partial charge on any atom is -0.478 e. The lowest BCUT2D eigenvalue weighted by molar-refractivity contribution is 0.00958. The molecule has 1 N–H and O–H groups in total. The van der Waals surface area contributed by atoms with E-state index in [0.29, 0.717) is 64.7 Å². The van der Waals surface area contributed by atoms with Gasteiger partial charge in [0.1, 0.15) is 5.69 Å². The van der Waals surface area contributed by atoms with E-state index in [9.17, 15) is 9.90 Å². The Bertz CT molecular complexity index is 1700. The summed E-state index contributed by atoms with van der Waals surface area (Å²) in [5.74, 6) is -0.245. The Balaban J connectivity index is 1.01. The van der Waals surface area contributed by atoms with Gasteiger partial charge in [-0.3, -0.25) is 0 Å². The number of thiazole rings is 1. The second-order valence-corrected chi connectivity index (χ2v) is 14.0. The Labute approximate surface area is 262 Å². The average molecular weight is 641 g/mol. The van der Waals surface area contributed by atoms with Crippen molar-refractivity contribution in [3.63, 3.8) is 0 Å². The van der Waals surface area contributed by atoms with Crippen molar-refractivity contribution in [3.05, 3.63) is 57.2 Å². The summed E-state index contributed by atoms with van der Waals surface area (Å²) >= 11 is 14.7. The topological polar surface area (TPSA) is 103 Å². The first-order valence-corrected chi connectivity index (χ1v) is 16.5. The van der Waals surface area contributed by atoms with E-state index in [4.69, 9.17) is 37.7 Å². The number of hydrogen-bond donors (Lipinski definition) is 1. The number of fused-ring (bicyclic) bond motifs is 3. The predicted octanol–water partition coefficient (Wildman–Crippen LogP) is 6.97. The van der Waals surface area contributed by atoms with Crippen LogP contribution in [0.2, 0.25) is 10.0 Å². The molecule has 0 radical (unpaired) electrons. The molecule has 43 heavy (non-hydrogen) atoms. The zero-order valence-corrected chi connectivity index (χ0v) is 25.7. The molecule has 2 saturated heterocycles. The number of halogens is 2. The molecule has 8 rings (SSSR count). The quantitative estimate of drug-likeness (QED) is 0.220. The van der Waals surface area contributed by atoms with E-state index in [1.165, 1.54) is 0 Å². The number of anilines is 1. The normalized spacial score (nSPS) is 24.0. The largest absolute Gasteiger partial charge is 0.478 e. The minimum absolute atomic E-state index is 0.129. The highest BCUT2D eigenvalue weighted by atomic mass is 35.5. The molecule has 4 fully saturated rings. The second-order valence-electron chi connectivity index (χ2n) is 12.1. The van der Waals surface area contributed by atoms with Gasteiger partial charge in [0.15, 0.2) is 5.13 Å². The van der Waals surface area contributed by atoms with Gasteiger partial charge in [0, 0.05) is 37.3 Å². The molecule has 0 spiro atoms. The maximum absolute atomic E-state index is 11.9. The van der Waals surface area contributed by atoms with E-state index >= 15 is 0 Å². The Kier molecular flexibility index (Phi) is 7.10. The van der Waals surface area contributed by atoms with Crippen molar-refractivity contribution in [2.45, 2.75) is 69.2 Å². The number of rotatable bonds is 8. The molecule has 2 saturated carbocycles. The molecule has 4 aliphatic rings. The number of carboxylic acid groups (broad SMARTS) is 1. The highest BCUT2D eigenvalue weighted by Gasteiger charge is 2.46. The van der Waals surface area contributed by atoms with Crippen molar-refractivity contribution in [2.75, 3.05) is 24.7 Å². The molecular formula is C31H31Cl2N5O4S. The molecule has 4 aromatic rings. The number of benzene rings is 2. The van der Waals surface area contributed by atoms with Gasteiger partial charge in [-0.1, -0.05) is 45.8 Å². The smallest absolute Gasteiger partial charge is 0.335 e. The molecule has 0 amide bonds. The van der Waals surface area contributed by atoms with Crippen LogP contribution in [0.1, 0.15) is 72.1 Å². The zero-order chi connectivity index (χ0) is 29.2. The summed E-state index contributed by atoms with van der Waals surface area (Å²) in [7, 11) is 0. The Hall–Kier alpha value is -2.76. The summed E-state index contributed by atoms with van der Waals surface area (Å²) < 4.78 is 15.1. The van der Waals surface area contributed by atoms with Crippen LogP contribution in [-0.4, -0.2) is 63.0 Å². The zero-order valence-electron chi connectivity index (χ0n) is 23.4. The lowest BCUT2D eigenvalue weighted by Gasteiger charge is -2.31. The molecule has 2 bridgehead atoms. The van der Waals surface area contributed by atoms with E-state index in [1.54, 1.807) is 17.4 Å². The van der Waals surface area contributed by atoms with Crippen molar-refractivity contribution < 1.29 is 19.4 Å². The fraction of sp³-hybridized carbons (Fsp3) is 0.484. The summed E-state index contributed by atoms with van der Waals surface area (Å²) in [5, 5.41) is 20.8. The van der Waals surface area contributed by atoms with Crippen LogP contribution in [0.15, 0.2) is 30.3 Å². The van der Waals surface area contributed by atoms with Crippen LogP contribution >= 0.6 is 34.5 Å². The van der Waals surface area contributed by atoms with Gasteiger partial charge in [-0.25, -0.2) is 14.5 Å². The number of ether oxygens (including phenoxy) is 2. The van der Waals surface area contributed by atoms with Gasteiger partial charge in [-0.15, -0.1) is 5.10 Å². The molecule has 3 atom stereocenters. The lowest BCUT2D eigenvalue weighted by atomic mass is 9.90. The van der Waals surface area contributed by atoms with Gasteiger partial charge < -0.3 is 19.5 Å². The third kappa shape index (κ3) is 5.01. The molecular weight excluding hydrogens is 609 g/mol. The summed E-state index contributed by atoms with van der Waals surface area (Å²) in [6, 6.07) is 9.78. The molecule has 4 heterocycles. The van der Waals surface area contributed by atoms with Crippen LogP contribution in [0.4, 0.5) is 5.13 Å². The number of carbonyl (C=O) groups is 1. The number of carboxylic acids is 1. The molecule has 2 aliphatic carbocycles. The minimum atomic E-state index is -0.899. The van der Waals surface area contributed by atoms with Crippen LogP contribution in [0.3, 0.4) is 0 Å². The van der Waals surface area contributed by atoms with Gasteiger partial charge in [0.2, 0.25) is 0 Å². The summed E-state index contributed by atoms with van der Waals surface area (Å²) in [6.45, 7) is 2.67. The second kappa shape index (κ2) is 11.0. The monoisotopic (exact) mass is 639 g/mol. The van der Waals surface area contributed by atoms with Crippen molar-refractivity contribution >= 4 is 55.9 Å². The van der Waals surface area contributed by atoms with E-state index in [2.05, 4.69) is 15.2 Å². The maximum atomic E-state index is 11.9. The Morgan fingerprint density at radius 1 is 1.09 bits per heavy atom. The van der Waals surface area contributed by atoms with Crippen molar-refractivity contribution in [2.24, 2.45) is 5.92 Å². The predicted molar refractivity (Wildman–Crippen MR) is 166 cm³/mol. The first-order chi connectivity index (χ1) is 20.9. The third-order valence-electron chi connectivity index (χ3n) is 9.46. The molecule has 2 aromatic heterocycles. The Morgan fingerprint density at radius 2 is 1.88 bits per heavy atom. The van der Waals surface area contributed by atoms with Crippen LogP contribution in [0, 0.1) is 5.92 Å². The highest BCUT2D eigenvalue weighted by Crippen LogP contribution is 2.46. The van der Waals surface area contributed by atoms with Gasteiger partial charge in [0.05, 0.1) is 50.3 Å². The fourth-order valence-electron chi connectivity index (χ4n) is 7.12. The number of nitrogens with zero attached hydrogens (tertiary/aromatic N) is 5. The van der Waals surface area contributed by atoms with Crippen LogP contribution in [-0.2, 0) is 16.1 Å². The van der Waals surface area contributed by atoms with Gasteiger partial charge in [-0.2, -0.15) is 0 Å². The molecule has 3 unspecified atom stereocenters. The average Bonchev–Trinajstić information content (AvgIpc) is 3.32. The van der Waals surface area contributed by atoms with Gasteiger partial charge in [-0.05, 0) is 74.3 Å². The summed E-state index contributed by atoms with van der Waals surface area (Å²) in [5.41, 5.74) is 4.65. The molecule has 9 nitrogen and oxygen atoms in total. The Morgan fingerprint density at radius 3 is 2.58 bits per heavy atom. The van der Waals surface area contributed by atoms with E-state index in [1.807, 2.05) is 28.9 Å². The van der Waals surface area contributed by atoms with Crippen LogP contribution in [0.5, 0.6) is 0 Å². The highest BCUT2D eigenvalue weighted by molar-refractivity contribution is 7.22. The maximum Gasteiger partial charge on any atom is 0.335 e. The standard InChI is InChI=1S/C31H31Cl2N5O4S/c32-22-2-1-3-23(33)27(22)29-24(38(36-35-29)19-4-5-19)15-42-25-13-20-10-18(25)14-37(20)31-34-28-21(16-6-8-41-9-7-16)11-17(30(39)40)12-26(28)43-31/h1-3,11-12,16,18-20,25H,4-10,13-15H2,(H,39,40). The summed E-state index contributed by atoms with van der Waals surface area (Å²) in [4.78, 5) is 19.5. The van der Waals surface area contributed by atoms with Gasteiger partial charge >= 0.3 is 5.97 Å². The van der Waals surface area contributed by atoms with Crippen LogP contribution in [0.25, 0.3) is 21.5 Å². The molecule has 2 aromatic carbocycles. The van der Waals surface area contributed by atoms with Crippen molar-refractivity contribution in [1.29, 1.82) is 0 Å². The number of piperidine rings is 1. The first kappa shape index (κ1) is 27.8. The lowest BCUT2D eigenvalue weighted by Crippen LogP contribution is -2.38. The first-order valence-electron chi connectivity index (χ1n) is 15.0. The summed E-state index contributed by atoms with van der Waals surface area (Å²) in [6.07, 6.45) is 6.04. The molecule has 224 valence electrons.